The van der Waals surface area contributed by atoms with E-state index in [9.17, 15) is 0 Å². The zero-order valence-corrected chi connectivity index (χ0v) is 11.6. The lowest BCUT2D eigenvalue weighted by atomic mass is 10.1. The molecule has 1 rings (SSSR count). The zero-order chi connectivity index (χ0) is 14.3. The summed E-state index contributed by atoms with van der Waals surface area (Å²) >= 11 is 0. The van der Waals surface area contributed by atoms with Crippen molar-refractivity contribution >= 4 is 11.9 Å². The summed E-state index contributed by atoms with van der Waals surface area (Å²) in [5.74, 6) is 1.38. The van der Waals surface area contributed by atoms with E-state index in [1.54, 1.807) is 26.1 Å². The van der Waals surface area contributed by atoms with Crippen LogP contribution in [0.1, 0.15) is 5.56 Å². The zero-order valence-electron chi connectivity index (χ0n) is 11.6. The Kier molecular flexibility index (Phi) is 5.66. The number of benzene rings is 1. The Hall–Kier alpha value is -2.24. The number of guanidine groups is 2. The molecule has 19 heavy (non-hydrogen) atoms. The van der Waals surface area contributed by atoms with E-state index in [0.717, 1.165) is 12.2 Å². The summed E-state index contributed by atoms with van der Waals surface area (Å²) in [6.45, 7) is 0.572. The Morgan fingerprint density at radius 3 is 2.37 bits per heavy atom. The monoisotopic (exact) mass is 263 g/mol. The number of rotatable bonds is 4. The number of methoxy groups -OCH3 is 1. The van der Waals surface area contributed by atoms with Gasteiger partial charge in [-0.3, -0.25) is 4.99 Å². The summed E-state index contributed by atoms with van der Waals surface area (Å²) in [5.41, 5.74) is 12.5. The van der Waals surface area contributed by atoms with Crippen LogP contribution in [-0.2, 0) is 6.42 Å². The molecule has 6 heteroatoms. The number of aliphatic imine (C=N–C) groups is 2. The first-order valence-corrected chi connectivity index (χ1v) is 5.97. The quantitative estimate of drug-likeness (QED) is 0.609. The lowest BCUT2D eigenvalue weighted by molar-refractivity contribution is 0.414. The highest BCUT2D eigenvalue weighted by Gasteiger charge is 1.97. The third kappa shape index (κ3) is 5.29. The number of hydrogen-bond acceptors (Lipinski definition) is 2. The molecule has 0 fully saturated rings. The van der Waals surface area contributed by atoms with Gasteiger partial charge < -0.3 is 21.1 Å². The molecule has 0 spiro atoms. The molecule has 0 aliphatic carbocycles. The SMILES string of the molecule is COc1ccc(CCN=C(N)/N=C(\N)N(C)C)cc1. The van der Waals surface area contributed by atoms with E-state index in [-0.39, 0.29) is 5.96 Å². The van der Waals surface area contributed by atoms with Gasteiger partial charge in [0, 0.05) is 20.6 Å². The van der Waals surface area contributed by atoms with Gasteiger partial charge in [-0.05, 0) is 24.1 Å². The van der Waals surface area contributed by atoms with Crippen molar-refractivity contribution in [2.45, 2.75) is 6.42 Å². The van der Waals surface area contributed by atoms with E-state index >= 15 is 0 Å². The summed E-state index contributed by atoms with van der Waals surface area (Å²) in [4.78, 5) is 9.79. The molecule has 104 valence electrons. The van der Waals surface area contributed by atoms with Crippen LogP contribution in [0.3, 0.4) is 0 Å². The van der Waals surface area contributed by atoms with Crippen LogP contribution in [0.25, 0.3) is 0 Å². The normalized spacial score (nSPS) is 12.4. The molecular formula is C13H21N5O. The number of nitrogens with two attached hydrogens (primary N) is 2. The Bertz CT molecular complexity index is 451. The van der Waals surface area contributed by atoms with Crippen molar-refractivity contribution in [3.05, 3.63) is 29.8 Å². The van der Waals surface area contributed by atoms with Gasteiger partial charge in [-0.2, -0.15) is 4.99 Å². The number of nitrogens with zero attached hydrogens (tertiary/aromatic N) is 3. The Balaban J connectivity index is 2.50. The van der Waals surface area contributed by atoms with Crippen molar-refractivity contribution in [1.82, 2.24) is 4.90 Å². The first-order chi connectivity index (χ1) is 9.02. The summed E-state index contributed by atoms with van der Waals surface area (Å²) in [6.07, 6.45) is 0.794. The third-order valence-corrected chi connectivity index (χ3v) is 2.52. The Morgan fingerprint density at radius 1 is 1.21 bits per heavy atom. The van der Waals surface area contributed by atoms with Gasteiger partial charge in [0.25, 0.3) is 0 Å². The van der Waals surface area contributed by atoms with Crippen LogP contribution < -0.4 is 16.2 Å². The highest BCUT2D eigenvalue weighted by molar-refractivity contribution is 5.93. The van der Waals surface area contributed by atoms with Crippen LogP contribution in [0.2, 0.25) is 0 Å². The maximum absolute atomic E-state index is 5.66. The average Bonchev–Trinajstić information content (AvgIpc) is 2.39. The Morgan fingerprint density at radius 2 is 1.84 bits per heavy atom. The minimum Gasteiger partial charge on any atom is -0.497 e. The minimum absolute atomic E-state index is 0.194. The lowest BCUT2D eigenvalue weighted by Crippen LogP contribution is -2.32. The van der Waals surface area contributed by atoms with Crippen LogP contribution in [-0.4, -0.2) is 44.6 Å². The largest absolute Gasteiger partial charge is 0.497 e. The average molecular weight is 263 g/mol. The molecule has 4 N–H and O–H groups in total. The molecule has 0 saturated heterocycles. The first-order valence-electron chi connectivity index (χ1n) is 5.97. The van der Waals surface area contributed by atoms with E-state index in [1.165, 1.54) is 5.56 Å². The van der Waals surface area contributed by atoms with E-state index in [4.69, 9.17) is 16.2 Å². The minimum atomic E-state index is 0.194. The first kappa shape index (κ1) is 14.8. The summed E-state index contributed by atoms with van der Waals surface area (Å²) < 4.78 is 5.09. The smallest absolute Gasteiger partial charge is 0.218 e. The highest BCUT2D eigenvalue weighted by atomic mass is 16.5. The van der Waals surface area contributed by atoms with E-state index in [2.05, 4.69) is 9.98 Å². The third-order valence-electron chi connectivity index (χ3n) is 2.52. The Labute approximate surface area is 113 Å². The fourth-order valence-electron chi connectivity index (χ4n) is 1.34. The molecular weight excluding hydrogens is 242 g/mol. The molecule has 0 saturated carbocycles. The van der Waals surface area contributed by atoms with E-state index in [1.807, 2.05) is 24.3 Å². The van der Waals surface area contributed by atoms with Crippen LogP contribution >= 0.6 is 0 Å². The lowest BCUT2D eigenvalue weighted by Gasteiger charge is -2.09. The van der Waals surface area contributed by atoms with Crippen LogP contribution in [0.4, 0.5) is 0 Å². The van der Waals surface area contributed by atoms with Crippen molar-refractivity contribution in [3.63, 3.8) is 0 Å². The fourth-order valence-corrected chi connectivity index (χ4v) is 1.34. The van der Waals surface area contributed by atoms with E-state index in [0.29, 0.717) is 12.5 Å². The standard InChI is InChI=1S/C13H21N5O/c1-18(2)13(15)17-12(14)16-9-8-10-4-6-11(19-3)7-5-10/h4-7H,8-9H2,1-3H3,(H4,14,15,16,17). The molecule has 0 radical (unpaired) electrons. The van der Waals surface area contributed by atoms with Gasteiger partial charge in [-0.1, -0.05) is 12.1 Å². The second kappa shape index (κ2) is 7.25. The molecule has 0 heterocycles. The van der Waals surface area contributed by atoms with Crippen molar-refractivity contribution in [3.8, 4) is 5.75 Å². The number of ether oxygens (including phenoxy) is 1. The fraction of sp³-hybridized carbons (Fsp3) is 0.385. The van der Waals surface area contributed by atoms with Gasteiger partial charge >= 0.3 is 0 Å². The maximum atomic E-state index is 5.66. The molecule has 0 aliphatic heterocycles. The van der Waals surface area contributed by atoms with Crippen LogP contribution in [0.15, 0.2) is 34.3 Å². The summed E-state index contributed by atoms with van der Waals surface area (Å²) in [7, 11) is 5.24. The predicted molar refractivity (Wildman–Crippen MR) is 78.5 cm³/mol. The predicted octanol–water partition coefficient (Wildman–Crippen LogP) is 0.429. The number of hydrogen-bond donors (Lipinski definition) is 2. The second-order valence-corrected chi connectivity index (χ2v) is 4.20. The molecule has 0 aliphatic rings. The molecule has 1 aromatic carbocycles. The van der Waals surface area contributed by atoms with Gasteiger partial charge in [-0.15, -0.1) is 0 Å². The van der Waals surface area contributed by atoms with Gasteiger partial charge in [0.05, 0.1) is 7.11 Å². The molecule has 0 atom stereocenters. The van der Waals surface area contributed by atoms with Gasteiger partial charge in [-0.25, -0.2) is 0 Å². The van der Waals surface area contributed by atoms with Crippen LogP contribution in [0, 0.1) is 0 Å². The van der Waals surface area contributed by atoms with Crippen molar-refractivity contribution < 1.29 is 4.74 Å². The van der Waals surface area contributed by atoms with Gasteiger partial charge in [0.15, 0.2) is 5.96 Å². The van der Waals surface area contributed by atoms with Crippen LogP contribution in [0.5, 0.6) is 5.75 Å². The molecule has 6 nitrogen and oxygen atoms in total. The molecule has 1 aromatic rings. The van der Waals surface area contributed by atoms with Crippen molar-refractivity contribution in [1.29, 1.82) is 0 Å². The van der Waals surface area contributed by atoms with Gasteiger partial charge in [0.2, 0.25) is 5.96 Å². The molecule has 0 amide bonds. The van der Waals surface area contributed by atoms with Gasteiger partial charge in [0.1, 0.15) is 5.75 Å². The second-order valence-electron chi connectivity index (χ2n) is 4.20. The molecule has 0 bridgehead atoms. The van der Waals surface area contributed by atoms with E-state index < -0.39 is 0 Å². The summed E-state index contributed by atoms with van der Waals surface area (Å²) in [5, 5.41) is 0. The molecule has 0 unspecified atom stereocenters. The van der Waals surface area contributed by atoms with Crippen molar-refractivity contribution in [2.75, 3.05) is 27.7 Å². The van der Waals surface area contributed by atoms with Crippen molar-refractivity contribution in [2.24, 2.45) is 21.5 Å². The topological polar surface area (TPSA) is 89.2 Å². The molecule has 0 aromatic heterocycles. The maximum Gasteiger partial charge on any atom is 0.218 e. The summed E-state index contributed by atoms with van der Waals surface area (Å²) in [6, 6.07) is 7.85. The highest BCUT2D eigenvalue weighted by Crippen LogP contribution is 2.11.